The van der Waals surface area contributed by atoms with Crippen LogP contribution in [0.2, 0.25) is 0 Å². The molecule has 0 radical (unpaired) electrons. The molecule has 5 rings (SSSR count). The van der Waals surface area contributed by atoms with E-state index in [-0.39, 0.29) is 24.9 Å². The number of nitrogens with zero attached hydrogens (tertiary/aromatic N) is 1. The second kappa shape index (κ2) is 16.1. The summed E-state index contributed by atoms with van der Waals surface area (Å²) in [4.78, 5) is 38.8. The van der Waals surface area contributed by atoms with Crippen LogP contribution in [0.5, 0.6) is 0 Å². The molecular weight excluding hydrogens is 672 g/mol. The Hall–Kier alpha value is -4.67. The number of ether oxygens (including phenoxy) is 2. The first-order valence-electron chi connectivity index (χ1n) is 14.7. The number of hydrogen-bond donors (Lipinski definition) is 3. The van der Waals surface area contributed by atoms with Gasteiger partial charge in [0.25, 0.3) is 5.91 Å². The van der Waals surface area contributed by atoms with Gasteiger partial charge in [0.2, 0.25) is 0 Å². The lowest BCUT2D eigenvalue weighted by atomic mass is 10.0. The topological polar surface area (TPSA) is 110 Å². The zero-order valence-corrected chi connectivity index (χ0v) is 27.7. The molecule has 238 valence electrons. The van der Waals surface area contributed by atoms with Crippen LogP contribution in [0.3, 0.4) is 0 Å². The van der Waals surface area contributed by atoms with Gasteiger partial charge in [-0.05, 0) is 62.8 Å². The third-order valence-corrected chi connectivity index (χ3v) is 7.54. The Morgan fingerprint density at radius 3 is 2.33 bits per heavy atom. The molecule has 11 heteroatoms. The number of amides is 3. The van der Waals surface area contributed by atoms with Crippen molar-refractivity contribution in [2.24, 2.45) is 0 Å². The normalized spacial score (nSPS) is 12.0. The summed E-state index contributed by atoms with van der Waals surface area (Å²) in [5, 5.41) is 12.0. The van der Waals surface area contributed by atoms with Gasteiger partial charge in [0.15, 0.2) is 18.6 Å². The summed E-state index contributed by atoms with van der Waals surface area (Å²) in [6.45, 7) is 4.37. The summed E-state index contributed by atoms with van der Waals surface area (Å²) in [7, 11) is 0. The van der Waals surface area contributed by atoms with E-state index in [1.807, 2.05) is 89.6 Å². The molecule has 46 heavy (non-hydrogen) atoms. The maximum absolute atomic E-state index is 13.2. The minimum atomic E-state index is -1.00. The highest BCUT2D eigenvalue weighted by molar-refractivity contribution is 9.10. The minimum absolute atomic E-state index is 0. The molecule has 0 aliphatic heterocycles. The molecule has 0 fully saturated rings. The predicted octanol–water partition coefficient (Wildman–Crippen LogP) is 4.25. The number of pyridine rings is 1. The van der Waals surface area contributed by atoms with Crippen LogP contribution in [-0.2, 0) is 16.0 Å². The lowest BCUT2D eigenvalue weighted by Crippen LogP contribution is -3.00. The molecule has 0 saturated heterocycles. The van der Waals surface area contributed by atoms with E-state index in [9.17, 15) is 14.4 Å². The van der Waals surface area contributed by atoms with Crippen molar-refractivity contribution >= 4 is 61.3 Å². The van der Waals surface area contributed by atoms with Crippen LogP contribution in [0.25, 0.3) is 21.5 Å². The lowest BCUT2D eigenvalue weighted by Gasteiger charge is -2.21. The Kier molecular flexibility index (Phi) is 11.9. The van der Waals surface area contributed by atoms with Crippen molar-refractivity contribution in [3.05, 3.63) is 119 Å². The molecule has 2 unspecified atom stereocenters. The van der Waals surface area contributed by atoms with Crippen molar-refractivity contribution in [3.63, 3.8) is 0 Å². The predicted molar refractivity (Wildman–Crippen MR) is 177 cm³/mol. The van der Waals surface area contributed by atoms with Gasteiger partial charge in [0.05, 0.1) is 16.7 Å². The van der Waals surface area contributed by atoms with Gasteiger partial charge in [-0.1, -0.05) is 79.7 Å². The Morgan fingerprint density at radius 1 is 0.826 bits per heavy atom. The summed E-state index contributed by atoms with van der Waals surface area (Å²) in [5.41, 5.74) is 1.76. The summed E-state index contributed by atoms with van der Waals surface area (Å²) >= 11 is 3.47. The first kappa shape index (κ1) is 34.2. The van der Waals surface area contributed by atoms with Crippen molar-refractivity contribution < 1.29 is 40.8 Å². The number of fused-ring (bicyclic) bond motifs is 2. The number of carbonyl (C=O) groups excluding carboxylic acids is 3. The number of carbonyl (C=O) groups is 3. The molecule has 3 N–H and O–H groups in total. The number of aromatic nitrogens is 1. The third-order valence-electron chi connectivity index (χ3n) is 7.11. The zero-order valence-electron chi connectivity index (χ0n) is 25.3. The average molecular weight is 706 g/mol. The van der Waals surface area contributed by atoms with E-state index in [4.69, 9.17) is 9.47 Å². The standard InChI is InChI=1S/C35H33BrN4O5.ClH/c1-3-17-40-21-28(19-29(36)22-40)33(41)37-20-32(27-16-15-24-9-4-5-11-26(24)18-27)45-34(42)38-23(2)44-35(43)39-31-14-8-12-25-10-6-7-13-30(25)31;/h4-16,18-19,21-23,32H,3,17,20H2,1-2H3,(H2-,37,38,39,41,42,43);1H. The number of halogens is 2. The largest absolute Gasteiger partial charge is 1.00 e. The number of benzene rings is 4. The monoisotopic (exact) mass is 704 g/mol. The molecule has 0 spiro atoms. The molecule has 0 saturated carbocycles. The molecule has 0 aliphatic rings. The Bertz CT molecular complexity index is 1850. The van der Waals surface area contributed by atoms with Crippen LogP contribution in [0.15, 0.2) is 108 Å². The number of nitrogens with one attached hydrogen (secondary N) is 3. The van der Waals surface area contributed by atoms with Gasteiger partial charge in [0, 0.05) is 11.8 Å². The maximum atomic E-state index is 13.2. The molecule has 1 heterocycles. The number of aryl methyl sites for hydroxylation is 1. The fourth-order valence-electron chi connectivity index (χ4n) is 5.03. The minimum Gasteiger partial charge on any atom is -1.00 e. The summed E-state index contributed by atoms with van der Waals surface area (Å²) in [5.74, 6) is -0.308. The van der Waals surface area contributed by atoms with Crippen molar-refractivity contribution in [1.29, 1.82) is 0 Å². The SMILES string of the molecule is CCC[n+]1cc(Br)cc(C(=O)NCC(OC(=O)NC(C)OC(=O)Nc2cccc3ccccc23)c2ccc3ccccc3c2)c1.[Cl-]. The van der Waals surface area contributed by atoms with Gasteiger partial charge in [-0.2, -0.15) is 0 Å². The average Bonchev–Trinajstić information content (AvgIpc) is 3.02. The van der Waals surface area contributed by atoms with Gasteiger partial charge in [-0.25, -0.2) is 14.2 Å². The van der Waals surface area contributed by atoms with Crippen molar-refractivity contribution in [1.82, 2.24) is 10.6 Å². The quantitative estimate of drug-likeness (QED) is 0.149. The van der Waals surface area contributed by atoms with Gasteiger partial charge in [0.1, 0.15) is 18.2 Å². The maximum Gasteiger partial charge on any atom is 0.413 e. The van der Waals surface area contributed by atoms with Crippen LogP contribution >= 0.6 is 15.9 Å². The van der Waals surface area contributed by atoms with E-state index in [1.54, 1.807) is 18.3 Å². The van der Waals surface area contributed by atoms with Crippen LogP contribution in [0.4, 0.5) is 15.3 Å². The number of hydrogen-bond acceptors (Lipinski definition) is 5. The molecule has 4 aromatic carbocycles. The van der Waals surface area contributed by atoms with Crippen LogP contribution < -0.4 is 32.9 Å². The molecule has 2 atom stereocenters. The van der Waals surface area contributed by atoms with E-state index in [0.717, 1.165) is 39.0 Å². The Labute approximate surface area is 281 Å². The van der Waals surface area contributed by atoms with Crippen LogP contribution in [-0.4, -0.2) is 30.9 Å². The van der Waals surface area contributed by atoms with E-state index >= 15 is 0 Å². The number of alkyl carbamates (subject to hydrolysis) is 1. The third kappa shape index (κ3) is 8.95. The highest BCUT2D eigenvalue weighted by Crippen LogP contribution is 2.24. The fourth-order valence-corrected chi connectivity index (χ4v) is 5.53. The van der Waals surface area contributed by atoms with Crippen molar-refractivity contribution in [2.75, 3.05) is 11.9 Å². The fraction of sp³-hybridized carbons (Fsp3) is 0.200. The summed E-state index contributed by atoms with van der Waals surface area (Å²) in [6.07, 6.45) is 1.24. The van der Waals surface area contributed by atoms with Crippen molar-refractivity contribution in [3.8, 4) is 0 Å². The smallest absolute Gasteiger partial charge is 0.413 e. The van der Waals surface area contributed by atoms with Gasteiger partial charge >= 0.3 is 12.2 Å². The first-order chi connectivity index (χ1) is 21.8. The first-order valence-corrected chi connectivity index (χ1v) is 15.5. The Morgan fingerprint density at radius 2 is 1.54 bits per heavy atom. The number of rotatable bonds is 10. The van der Waals surface area contributed by atoms with Crippen LogP contribution in [0.1, 0.15) is 42.3 Å². The second-order valence-electron chi connectivity index (χ2n) is 10.5. The van der Waals surface area contributed by atoms with Gasteiger partial charge in [-0.15, -0.1) is 0 Å². The van der Waals surface area contributed by atoms with Gasteiger partial charge in [-0.3, -0.25) is 15.4 Å². The zero-order chi connectivity index (χ0) is 31.8. The number of anilines is 1. The van der Waals surface area contributed by atoms with Crippen molar-refractivity contribution in [2.45, 2.75) is 39.1 Å². The van der Waals surface area contributed by atoms with Crippen LogP contribution in [0, 0.1) is 0 Å². The molecule has 3 amide bonds. The highest BCUT2D eigenvalue weighted by atomic mass is 79.9. The molecule has 0 bridgehead atoms. The van der Waals surface area contributed by atoms with E-state index in [0.29, 0.717) is 16.8 Å². The van der Waals surface area contributed by atoms with E-state index in [2.05, 4.69) is 38.8 Å². The molecule has 1 aromatic heterocycles. The molecular formula is C35H34BrClN4O5. The highest BCUT2D eigenvalue weighted by Gasteiger charge is 2.22. The van der Waals surface area contributed by atoms with E-state index < -0.39 is 24.5 Å². The summed E-state index contributed by atoms with van der Waals surface area (Å²) in [6, 6.07) is 28.5. The molecule has 9 nitrogen and oxygen atoms in total. The summed E-state index contributed by atoms with van der Waals surface area (Å²) < 4.78 is 13.9. The van der Waals surface area contributed by atoms with E-state index in [1.165, 1.54) is 6.92 Å². The van der Waals surface area contributed by atoms with Gasteiger partial charge < -0.3 is 27.2 Å². The lowest BCUT2D eigenvalue weighted by molar-refractivity contribution is -0.697. The second-order valence-corrected chi connectivity index (χ2v) is 11.5. The Balaban J connectivity index is 0.00000480. The molecule has 0 aliphatic carbocycles. The molecule has 5 aromatic rings.